The van der Waals surface area contributed by atoms with Crippen LogP contribution in [0.4, 0.5) is 4.39 Å². The zero-order chi connectivity index (χ0) is 17.4. The Bertz CT molecular complexity index is 692. The van der Waals surface area contributed by atoms with Crippen molar-refractivity contribution in [1.82, 2.24) is 0 Å². The SMILES string of the molecule is N#CC=CCC[C@H]1CC[C@H](C(=O)Oc2ccc(C#N)c(F)c2)CC1. The van der Waals surface area contributed by atoms with Gasteiger partial charge in [-0.3, -0.25) is 4.79 Å². The largest absolute Gasteiger partial charge is 0.426 e. The maximum absolute atomic E-state index is 13.5. The Morgan fingerprint density at radius 3 is 2.67 bits per heavy atom. The van der Waals surface area contributed by atoms with Crippen LogP contribution in [0.5, 0.6) is 5.75 Å². The van der Waals surface area contributed by atoms with Crippen LogP contribution in [0.1, 0.15) is 44.1 Å². The minimum atomic E-state index is -0.683. The van der Waals surface area contributed by atoms with Gasteiger partial charge >= 0.3 is 5.97 Å². The molecule has 1 aliphatic rings. The third-order valence-electron chi connectivity index (χ3n) is 4.39. The van der Waals surface area contributed by atoms with Crippen molar-refractivity contribution in [2.24, 2.45) is 11.8 Å². The highest BCUT2D eigenvalue weighted by Crippen LogP contribution is 2.32. The van der Waals surface area contributed by atoms with Crippen LogP contribution in [0.2, 0.25) is 0 Å². The molecule has 4 nitrogen and oxygen atoms in total. The van der Waals surface area contributed by atoms with E-state index in [0.717, 1.165) is 44.6 Å². The normalized spacial score (nSPS) is 20.3. The van der Waals surface area contributed by atoms with Gasteiger partial charge in [0.05, 0.1) is 17.6 Å². The van der Waals surface area contributed by atoms with Crippen molar-refractivity contribution in [2.45, 2.75) is 38.5 Å². The van der Waals surface area contributed by atoms with Gasteiger partial charge in [0.1, 0.15) is 17.6 Å². The number of rotatable bonds is 5. The van der Waals surface area contributed by atoms with Crippen molar-refractivity contribution >= 4 is 5.97 Å². The van der Waals surface area contributed by atoms with Gasteiger partial charge in [-0.2, -0.15) is 10.5 Å². The first kappa shape index (κ1) is 17.7. The average Bonchev–Trinajstić information content (AvgIpc) is 2.59. The van der Waals surface area contributed by atoms with E-state index in [1.807, 2.05) is 12.1 Å². The number of ether oxygens (including phenoxy) is 1. The van der Waals surface area contributed by atoms with Crippen molar-refractivity contribution in [3.8, 4) is 17.9 Å². The summed E-state index contributed by atoms with van der Waals surface area (Å²) < 4.78 is 18.8. The quantitative estimate of drug-likeness (QED) is 0.460. The van der Waals surface area contributed by atoms with Gasteiger partial charge in [-0.1, -0.05) is 6.08 Å². The molecular weight excluding hydrogens is 307 g/mol. The molecule has 5 heteroatoms. The Labute approximate surface area is 141 Å². The van der Waals surface area contributed by atoms with Gasteiger partial charge in [0.15, 0.2) is 0 Å². The summed E-state index contributed by atoms with van der Waals surface area (Å²) in [5, 5.41) is 17.1. The topological polar surface area (TPSA) is 73.9 Å². The average molecular weight is 326 g/mol. The van der Waals surface area contributed by atoms with E-state index >= 15 is 0 Å². The number of hydrogen-bond acceptors (Lipinski definition) is 4. The molecule has 1 fully saturated rings. The molecule has 1 aromatic carbocycles. The van der Waals surface area contributed by atoms with E-state index in [4.69, 9.17) is 15.3 Å². The van der Waals surface area contributed by atoms with Gasteiger partial charge in [-0.15, -0.1) is 0 Å². The zero-order valence-electron chi connectivity index (χ0n) is 13.4. The number of carbonyl (C=O) groups is 1. The Morgan fingerprint density at radius 2 is 2.04 bits per heavy atom. The number of nitrogens with zero attached hydrogens (tertiary/aromatic N) is 2. The van der Waals surface area contributed by atoms with E-state index in [1.165, 1.54) is 18.2 Å². The first-order valence-electron chi connectivity index (χ1n) is 8.10. The van der Waals surface area contributed by atoms with Crippen molar-refractivity contribution in [1.29, 1.82) is 10.5 Å². The Morgan fingerprint density at radius 1 is 1.29 bits per heavy atom. The standard InChI is InChI=1S/C19H19FN2O2/c20-18-12-17(10-9-16(18)13-22)24-19(23)15-7-5-14(6-8-15)4-2-1-3-11-21/h1,3,9-10,12,14-15H,2,4-8H2/t14-,15-. The van der Waals surface area contributed by atoms with Crippen molar-refractivity contribution in [2.75, 3.05) is 0 Å². The van der Waals surface area contributed by atoms with Crippen LogP contribution < -0.4 is 4.74 Å². The highest BCUT2D eigenvalue weighted by Gasteiger charge is 2.27. The molecule has 0 N–H and O–H groups in total. The predicted molar refractivity (Wildman–Crippen MR) is 86.2 cm³/mol. The highest BCUT2D eigenvalue weighted by molar-refractivity contribution is 5.75. The zero-order valence-corrected chi connectivity index (χ0v) is 13.4. The third-order valence-corrected chi connectivity index (χ3v) is 4.39. The smallest absolute Gasteiger partial charge is 0.314 e. The number of hydrogen-bond donors (Lipinski definition) is 0. The first-order chi connectivity index (χ1) is 11.6. The number of nitriles is 2. The van der Waals surface area contributed by atoms with Crippen LogP contribution in [0, 0.1) is 40.3 Å². The number of esters is 1. The predicted octanol–water partition coefficient (Wildman–Crippen LogP) is 4.27. The van der Waals surface area contributed by atoms with Gasteiger partial charge in [0.2, 0.25) is 0 Å². The van der Waals surface area contributed by atoms with Gasteiger partial charge < -0.3 is 4.74 Å². The van der Waals surface area contributed by atoms with E-state index in [1.54, 1.807) is 6.07 Å². The lowest BCUT2D eigenvalue weighted by Gasteiger charge is -2.26. The molecular formula is C19H19FN2O2. The van der Waals surface area contributed by atoms with Crippen LogP contribution in [-0.4, -0.2) is 5.97 Å². The van der Waals surface area contributed by atoms with E-state index in [9.17, 15) is 9.18 Å². The van der Waals surface area contributed by atoms with Gasteiger partial charge in [0, 0.05) is 12.1 Å². The van der Waals surface area contributed by atoms with Crippen molar-refractivity contribution in [3.05, 3.63) is 41.7 Å². The summed E-state index contributed by atoms with van der Waals surface area (Å²) in [7, 11) is 0. The van der Waals surface area contributed by atoms with Crippen LogP contribution in [-0.2, 0) is 4.79 Å². The fourth-order valence-corrected chi connectivity index (χ4v) is 3.00. The molecule has 0 aromatic heterocycles. The molecule has 1 aromatic rings. The van der Waals surface area contributed by atoms with E-state index in [2.05, 4.69) is 0 Å². The van der Waals surface area contributed by atoms with Crippen LogP contribution in [0.25, 0.3) is 0 Å². The van der Waals surface area contributed by atoms with Crippen molar-refractivity contribution in [3.63, 3.8) is 0 Å². The Hall–Kier alpha value is -2.66. The first-order valence-corrected chi connectivity index (χ1v) is 8.10. The maximum Gasteiger partial charge on any atom is 0.314 e. The minimum absolute atomic E-state index is 0.0687. The molecule has 0 radical (unpaired) electrons. The number of benzene rings is 1. The molecule has 2 rings (SSSR count). The van der Waals surface area contributed by atoms with Gasteiger partial charge in [-0.05, 0) is 56.6 Å². The van der Waals surface area contributed by atoms with Gasteiger partial charge in [-0.25, -0.2) is 4.39 Å². The molecule has 0 amide bonds. The lowest BCUT2D eigenvalue weighted by atomic mass is 9.80. The molecule has 1 saturated carbocycles. The Balaban J connectivity index is 1.81. The van der Waals surface area contributed by atoms with Crippen LogP contribution >= 0.6 is 0 Å². The van der Waals surface area contributed by atoms with Crippen LogP contribution in [0.3, 0.4) is 0 Å². The summed E-state index contributed by atoms with van der Waals surface area (Å²) in [6, 6.07) is 7.53. The molecule has 0 atom stereocenters. The lowest BCUT2D eigenvalue weighted by molar-refractivity contribution is -0.140. The van der Waals surface area contributed by atoms with E-state index < -0.39 is 5.82 Å². The third kappa shape index (κ3) is 4.93. The summed E-state index contributed by atoms with van der Waals surface area (Å²) >= 11 is 0. The fraction of sp³-hybridized carbons (Fsp3) is 0.421. The van der Waals surface area contributed by atoms with Gasteiger partial charge in [0.25, 0.3) is 0 Å². The molecule has 0 spiro atoms. The summed E-state index contributed by atoms with van der Waals surface area (Å²) in [4.78, 5) is 12.2. The second-order valence-electron chi connectivity index (χ2n) is 6.00. The number of carbonyl (C=O) groups excluding carboxylic acids is 1. The summed E-state index contributed by atoms with van der Waals surface area (Å²) in [5.74, 6) is -0.460. The summed E-state index contributed by atoms with van der Waals surface area (Å²) in [5.41, 5.74) is -0.0687. The lowest BCUT2D eigenvalue weighted by Crippen LogP contribution is -2.25. The second kappa shape index (κ2) is 8.84. The molecule has 0 aliphatic heterocycles. The monoisotopic (exact) mass is 326 g/mol. The second-order valence-corrected chi connectivity index (χ2v) is 6.00. The summed E-state index contributed by atoms with van der Waals surface area (Å²) in [6.45, 7) is 0. The molecule has 0 heterocycles. The highest BCUT2D eigenvalue weighted by atomic mass is 19.1. The minimum Gasteiger partial charge on any atom is -0.426 e. The van der Waals surface area contributed by atoms with E-state index in [0.29, 0.717) is 5.92 Å². The Kier molecular flexibility index (Phi) is 6.51. The molecule has 0 saturated heterocycles. The van der Waals surface area contributed by atoms with E-state index in [-0.39, 0.29) is 23.2 Å². The maximum atomic E-state index is 13.5. The molecule has 24 heavy (non-hydrogen) atoms. The molecule has 124 valence electrons. The van der Waals surface area contributed by atoms with Crippen LogP contribution in [0.15, 0.2) is 30.4 Å². The molecule has 1 aliphatic carbocycles. The fourth-order valence-electron chi connectivity index (χ4n) is 3.00. The number of allylic oxidation sites excluding steroid dienone is 2. The summed E-state index contributed by atoms with van der Waals surface area (Å²) in [6.07, 6.45) is 8.75. The van der Waals surface area contributed by atoms with Crippen molar-refractivity contribution < 1.29 is 13.9 Å². The number of halogens is 1. The molecule has 0 bridgehead atoms. The molecule has 0 unspecified atom stereocenters.